The first-order valence-corrected chi connectivity index (χ1v) is 9.44. The number of carbonyl (C=O) groups excluding carboxylic acids is 1. The number of esters is 1. The lowest BCUT2D eigenvalue weighted by atomic mass is 10.1. The quantitative estimate of drug-likeness (QED) is 0.362. The number of hydrogen-bond acceptors (Lipinski definition) is 2. The predicted molar refractivity (Wildman–Crippen MR) is 88.0 cm³/mol. The number of halogens is 1. The molecule has 104 valence electrons. The maximum Gasteiger partial charge on any atom is 0.321 e. The number of alkyl halides is 1. The summed E-state index contributed by atoms with van der Waals surface area (Å²) < 4.78 is 5.41. The minimum atomic E-state index is -0.258. The highest BCUT2D eigenvalue weighted by molar-refractivity contribution is 9.09. The molecule has 0 radical (unpaired) electrons. The van der Waals surface area contributed by atoms with Gasteiger partial charge in [-0.05, 0) is 31.0 Å². The molecule has 1 heterocycles. The Labute approximate surface area is 130 Å². The second-order valence-corrected chi connectivity index (χ2v) is 7.63. The summed E-state index contributed by atoms with van der Waals surface area (Å²) in [5, 5.41) is 2.49. The number of rotatable bonds is 3. The third-order valence-corrected chi connectivity index (χ3v) is 6.52. The van der Waals surface area contributed by atoms with E-state index in [0.717, 1.165) is 5.39 Å². The zero-order chi connectivity index (χ0) is 13.9. The van der Waals surface area contributed by atoms with Gasteiger partial charge in [0.15, 0.2) is 4.90 Å². The van der Waals surface area contributed by atoms with Gasteiger partial charge in [-0.15, -0.1) is 0 Å². The standard InChI is InChI=1S/C16H16BrO2S/c17-11-16(18)19-14-7-8-15(20-9-3-4-10-20)13-6-2-1-5-12(13)14/h1-2,5-8H,3-4,9-11H2/q+1. The van der Waals surface area contributed by atoms with Gasteiger partial charge in [-0.1, -0.05) is 34.1 Å². The van der Waals surface area contributed by atoms with Crippen molar-refractivity contribution in [3.05, 3.63) is 36.4 Å². The molecule has 0 saturated carbocycles. The number of fused-ring (bicyclic) bond motifs is 1. The van der Waals surface area contributed by atoms with Crippen LogP contribution in [0.5, 0.6) is 5.75 Å². The average molecular weight is 352 g/mol. The monoisotopic (exact) mass is 351 g/mol. The largest absolute Gasteiger partial charge is 0.425 e. The molecule has 3 rings (SSSR count). The molecule has 2 nitrogen and oxygen atoms in total. The molecule has 0 aliphatic carbocycles. The van der Waals surface area contributed by atoms with Gasteiger partial charge in [0.25, 0.3) is 0 Å². The molecule has 2 aromatic carbocycles. The van der Waals surface area contributed by atoms with Gasteiger partial charge >= 0.3 is 5.97 Å². The molecular formula is C16H16BrO2S+. The summed E-state index contributed by atoms with van der Waals surface area (Å²) in [6.45, 7) is 0. The van der Waals surface area contributed by atoms with Gasteiger partial charge in [-0.3, -0.25) is 4.79 Å². The molecule has 0 amide bonds. The highest BCUT2D eigenvalue weighted by atomic mass is 79.9. The maximum absolute atomic E-state index is 11.5. The van der Waals surface area contributed by atoms with Crippen LogP contribution >= 0.6 is 15.9 Å². The molecule has 1 saturated heterocycles. The van der Waals surface area contributed by atoms with E-state index in [0.29, 0.717) is 16.6 Å². The minimum Gasteiger partial charge on any atom is -0.425 e. The maximum atomic E-state index is 11.5. The van der Waals surface area contributed by atoms with Gasteiger partial charge in [0.05, 0.1) is 0 Å². The van der Waals surface area contributed by atoms with Crippen LogP contribution in [-0.2, 0) is 15.7 Å². The van der Waals surface area contributed by atoms with Crippen LogP contribution in [0.3, 0.4) is 0 Å². The molecule has 0 spiro atoms. The molecule has 4 heteroatoms. The summed E-state index contributed by atoms with van der Waals surface area (Å²) in [5.74, 6) is 3.00. The van der Waals surface area contributed by atoms with E-state index < -0.39 is 0 Å². The molecule has 1 fully saturated rings. The zero-order valence-electron chi connectivity index (χ0n) is 11.1. The first kappa shape index (κ1) is 14.0. The first-order chi connectivity index (χ1) is 9.79. The van der Waals surface area contributed by atoms with Gasteiger partial charge in [0.2, 0.25) is 0 Å². The van der Waals surface area contributed by atoms with E-state index in [-0.39, 0.29) is 11.3 Å². The molecule has 2 aromatic rings. The fourth-order valence-corrected chi connectivity index (χ4v) is 5.22. The minimum absolute atomic E-state index is 0.216. The van der Waals surface area contributed by atoms with Crippen LogP contribution < -0.4 is 4.74 Å². The van der Waals surface area contributed by atoms with Crippen LogP contribution in [0, 0.1) is 0 Å². The fourth-order valence-electron chi connectivity index (χ4n) is 2.61. The van der Waals surface area contributed by atoms with Crippen LogP contribution in [0.15, 0.2) is 41.3 Å². The van der Waals surface area contributed by atoms with Crippen LogP contribution in [0.4, 0.5) is 0 Å². The van der Waals surface area contributed by atoms with E-state index in [9.17, 15) is 4.79 Å². The van der Waals surface area contributed by atoms with Crippen molar-refractivity contribution in [2.24, 2.45) is 0 Å². The van der Waals surface area contributed by atoms with E-state index in [4.69, 9.17) is 4.74 Å². The van der Waals surface area contributed by atoms with E-state index >= 15 is 0 Å². The van der Waals surface area contributed by atoms with Crippen molar-refractivity contribution in [1.29, 1.82) is 0 Å². The van der Waals surface area contributed by atoms with Crippen molar-refractivity contribution in [2.45, 2.75) is 17.7 Å². The molecule has 20 heavy (non-hydrogen) atoms. The van der Waals surface area contributed by atoms with Crippen LogP contribution in [0.1, 0.15) is 12.8 Å². The first-order valence-electron chi connectivity index (χ1n) is 6.75. The second-order valence-electron chi connectivity index (χ2n) is 4.82. The number of benzene rings is 2. The van der Waals surface area contributed by atoms with Gasteiger partial charge in [-0.25, -0.2) is 0 Å². The Kier molecular flexibility index (Phi) is 4.32. The Hall–Kier alpha value is -1.00. The van der Waals surface area contributed by atoms with Crippen molar-refractivity contribution < 1.29 is 9.53 Å². The lowest BCUT2D eigenvalue weighted by molar-refractivity contribution is -0.131. The summed E-state index contributed by atoms with van der Waals surface area (Å²) in [6, 6.07) is 12.3. The van der Waals surface area contributed by atoms with Gasteiger partial charge < -0.3 is 4.74 Å². The van der Waals surface area contributed by atoms with Crippen molar-refractivity contribution >= 4 is 43.6 Å². The van der Waals surface area contributed by atoms with Gasteiger partial charge in [0, 0.05) is 21.7 Å². The summed E-state index contributed by atoms with van der Waals surface area (Å²) in [5.41, 5.74) is 0. The summed E-state index contributed by atoms with van der Waals surface area (Å²) in [6.07, 6.45) is 2.66. The van der Waals surface area contributed by atoms with Crippen molar-refractivity contribution in [3.63, 3.8) is 0 Å². The van der Waals surface area contributed by atoms with E-state index in [1.165, 1.54) is 34.6 Å². The summed E-state index contributed by atoms with van der Waals surface area (Å²) in [7, 11) is 0.362. The summed E-state index contributed by atoms with van der Waals surface area (Å²) >= 11 is 3.13. The fraction of sp³-hybridized carbons (Fsp3) is 0.312. The Morgan fingerprint density at radius 3 is 2.50 bits per heavy atom. The molecule has 0 aromatic heterocycles. The Bertz CT molecular complexity index is 635. The molecule has 0 atom stereocenters. The predicted octanol–water partition coefficient (Wildman–Crippen LogP) is 3.91. The van der Waals surface area contributed by atoms with Crippen molar-refractivity contribution in [3.8, 4) is 5.75 Å². The molecule has 1 aliphatic rings. The Morgan fingerprint density at radius 1 is 1.10 bits per heavy atom. The zero-order valence-corrected chi connectivity index (χ0v) is 13.5. The van der Waals surface area contributed by atoms with E-state index in [2.05, 4.69) is 34.1 Å². The molecular weight excluding hydrogens is 336 g/mol. The van der Waals surface area contributed by atoms with E-state index in [1.807, 2.05) is 18.2 Å². The van der Waals surface area contributed by atoms with Gasteiger partial charge in [-0.2, -0.15) is 0 Å². The average Bonchev–Trinajstić information content (AvgIpc) is 3.01. The number of ether oxygens (including phenoxy) is 1. The molecule has 0 N–H and O–H groups in total. The lowest BCUT2D eigenvalue weighted by Gasteiger charge is -2.10. The molecule has 0 unspecified atom stereocenters. The van der Waals surface area contributed by atoms with Crippen molar-refractivity contribution in [1.82, 2.24) is 0 Å². The van der Waals surface area contributed by atoms with Gasteiger partial charge in [0.1, 0.15) is 22.6 Å². The van der Waals surface area contributed by atoms with Crippen LogP contribution in [-0.4, -0.2) is 22.8 Å². The summed E-state index contributed by atoms with van der Waals surface area (Å²) in [4.78, 5) is 12.9. The third kappa shape index (κ3) is 2.72. The Balaban J connectivity index is 2.07. The lowest BCUT2D eigenvalue weighted by Crippen LogP contribution is -2.10. The van der Waals surface area contributed by atoms with Crippen LogP contribution in [0.2, 0.25) is 0 Å². The number of hydrogen-bond donors (Lipinski definition) is 0. The Morgan fingerprint density at radius 2 is 1.80 bits per heavy atom. The SMILES string of the molecule is O=C(CBr)Oc1ccc([S+]2CCCC2)c2ccccc12. The van der Waals surface area contributed by atoms with E-state index in [1.54, 1.807) is 0 Å². The van der Waals surface area contributed by atoms with Crippen LogP contribution in [0.25, 0.3) is 10.8 Å². The smallest absolute Gasteiger partial charge is 0.321 e. The second kappa shape index (κ2) is 6.19. The normalized spacial score (nSPS) is 15.7. The van der Waals surface area contributed by atoms with Crippen molar-refractivity contribution in [2.75, 3.05) is 16.8 Å². The third-order valence-electron chi connectivity index (χ3n) is 3.52. The topological polar surface area (TPSA) is 26.3 Å². The molecule has 0 bridgehead atoms. The number of carbonyl (C=O) groups is 1. The highest BCUT2D eigenvalue weighted by Gasteiger charge is 2.29. The highest BCUT2D eigenvalue weighted by Crippen LogP contribution is 2.34. The molecule has 1 aliphatic heterocycles.